The first kappa shape index (κ1) is 8.11. The summed E-state index contributed by atoms with van der Waals surface area (Å²) in [5.41, 5.74) is 5.74. The first-order valence-electron chi connectivity index (χ1n) is 3.90. The lowest BCUT2D eigenvalue weighted by atomic mass is 9.66. The molecule has 1 saturated carbocycles. The molecule has 0 aromatic heterocycles. The van der Waals surface area contributed by atoms with Crippen LogP contribution in [0.25, 0.3) is 0 Å². The lowest BCUT2D eigenvalue weighted by molar-refractivity contribution is 0.233. The SMILES string of the molecule is C=CCC1(/C(N)=N/N)CCC1. The molecular weight excluding hydrogens is 138 g/mol. The van der Waals surface area contributed by atoms with Gasteiger partial charge in [0.1, 0.15) is 5.84 Å². The van der Waals surface area contributed by atoms with Gasteiger partial charge in [-0.3, -0.25) is 0 Å². The maximum Gasteiger partial charge on any atom is 0.125 e. The van der Waals surface area contributed by atoms with E-state index in [2.05, 4.69) is 11.7 Å². The molecule has 62 valence electrons. The largest absolute Gasteiger partial charge is 0.385 e. The molecule has 3 heteroatoms. The Morgan fingerprint density at radius 1 is 1.64 bits per heavy atom. The number of amidine groups is 1. The van der Waals surface area contributed by atoms with Crippen LogP contribution in [0, 0.1) is 5.41 Å². The normalized spacial score (nSPS) is 22.4. The van der Waals surface area contributed by atoms with E-state index in [0.717, 1.165) is 19.3 Å². The highest BCUT2D eigenvalue weighted by molar-refractivity contribution is 5.87. The predicted molar refractivity (Wildman–Crippen MR) is 46.9 cm³/mol. The van der Waals surface area contributed by atoms with E-state index in [9.17, 15) is 0 Å². The van der Waals surface area contributed by atoms with Crippen LogP contribution in [0.3, 0.4) is 0 Å². The van der Waals surface area contributed by atoms with Crippen molar-refractivity contribution >= 4 is 5.84 Å². The van der Waals surface area contributed by atoms with Gasteiger partial charge < -0.3 is 11.6 Å². The summed E-state index contributed by atoms with van der Waals surface area (Å²) < 4.78 is 0. The molecule has 0 bridgehead atoms. The Kier molecular flexibility index (Phi) is 2.17. The molecule has 3 nitrogen and oxygen atoms in total. The molecule has 0 amide bonds. The van der Waals surface area contributed by atoms with Crippen molar-refractivity contribution in [1.29, 1.82) is 0 Å². The molecule has 0 radical (unpaired) electrons. The maximum atomic E-state index is 5.68. The molecule has 0 aromatic carbocycles. The van der Waals surface area contributed by atoms with E-state index in [4.69, 9.17) is 11.6 Å². The monoisotopic (exact) mass is 153 g/mol. The van der Waals surface area contributed by atoms with Crippen LogP contribution in [0.5, 0.6) is 0 Å². The van der Waals surface area contributed by atoms with Crippen LogP contribution >= 0.6 is 0 Å². The number of hydrazone groups is 1. The molecule has 0 aliphatic heterocycles. The number of nitrogens with two attached hydrogens (primary N) is 2. The van der Waals surface area contributed by atoms with Crippen LogP contribution in [0.4, 0.5) is 0 Å². The highest BCUT2D eigenvalue weighted by atomic mass is 15.2. The molecule has 0 spiro atoms. The van der Waals surface area contributed by atoms with Gasteiger partial charge in [0.15, 0.2) is 0 Å². The lowest BCUT2D eigenvalue weighted by Gasteiger charge is -2.40. The van der Waals surface area contributed by atoms with Gasteiger partial charge >= 0.3 is 0 Å². The third-order valence-corrected chi connectivity index (χ3v) is 2.53. The van der Waals surface area contributed by atoms with E-state index < -0.39 is 0 Å². The van der Waals surface area contributed by atoms with E-state index in [1.807, 2.05) is 6.08 Å². The van der Waals surface area contributed by atoms with E-state index in [1.165, 1.54) is 6.42 Å². The van der Waals surface area contributed by atoms with Crippen molar-refractivity contribution < 1.29 is 0 Å². The summed E-state index contributed by atoms with van der Waals surface area (Å²) in [5.74, 6) is 5.71. The van der Waals surface area contributed by atoms with E-state index in [-0.39, 0.29) is 5.41 Å². The number of hydrogen-bond donors (Lipinski definition) is 2. The zero-order valence-electron chi connectivity index (χ0n) is 6.71. The average molecular weight is 153 g/mol. The number of nitrogens with zero attached hydrogens (tertiary/aromatic N) is 1. The Morgan fingerprint density at radius 3 is 2.55 bits per heavy atom. The zero-order chi connectivity index (χ0) is 8.32. The summed E-state index contributed by atoms with van der Waals surface area (Å²) in [6.07, 6.45) is 6.22. The molecule has 1 fully saturated rings. The summed E-state index contributed by atoms with van der Waals surface area (Å²) in [6.45, 7) is 3.69. The number of hydrogen-bond acceptors (Lipinski definition) is 2. The van der Waals surface area contributed by atoms with Gasteiger partial charge in [-0.05, 0) is 19.3 Å². The highest BCUT2D eigenvalue weighted by Crippen LogP contribution is 2.44. The molecular formula is C8H15N3. The summed E-state index contributed by atoms with van der Waals surface area (Å²) >= 11 is 0. The molecule has 4 N–H and O–H groups in total. The summed E-state index contributed by atoms with van der Waals surface area (Å²) in [4.78, 5) is 0. The van der Waals surface area contributed by atoms with Crippen molar-refractivity contribution in [3.05, 3.63) is 12.7 Å². The molecule has 11 heavy (non-hydrogen) atoms. The lowest BCUT2D eigenvalue weighted by Crippen LogP contribution is -2.43. The van der Waals surface area contributed by atoms with Crippen molar-refractivity contribution in [2.75, 3.05) is 0 Å². The second-order valence-electron chi connectivity index (χ2n) is 3.14. The second kappa shape index (κ2) is 2.95. The topological polar surface area (TPSA) is 64.4 Å². The molecule has 0 atom stereocenters. The van der Waals surface area contributed by atoms with Crippen LogP contribution in [-0.4, -0.2) is 5.84 Å². The Bertz CT molecular complexity index is 180. The molecule has 0 saturated heterocycles. The van der Waals surface area contributed by atoms with Crippen LogP contribution in [0.2, 0.25) is 0 Å². The molecule has 1 aliphatic rings. The fraction of sp³-hybridized carbons (Fsp3) is 0.625. The van der Waals surface area contributed by atoms with Gasteiger partial charge in [-0.25, -0.2) is 0 Å². The van der Waals surface area contributed by atoms with Gasteiger partial charge in [-0.1, -0.05) is 12.5 Å². The number of rotatable bonds is 3. The number of allylic oxidation sites excluding steroid dienone is 1. The Hall–Kier alpha value is -0.990. The maximum absolute atomic E-state index is 5.68. The van der Waals surface area contributed by atoms with Gasteiger partial charge in [0, 0.05) is 5.41 Å². The summed E-state index contributed by atoms with van der Waals surface area (Å²) in [6, 6.07) is 0. The highest BCUT2D eigenvalue weighted by Gasteiger charge is 2.39. The smallest absolute Gasteiger partial charge is 0.125 e. The van der Waals surface area contributed by atoms with Crippen molar-refractivity contribution in [1.82, 2.24) is 0 Å². The summed E-state index contributed by atoms with van der Waals surface area (Å²) in [7, 11) is 0. The van der Waals surface area contributed by atoms with Crippen molar-refractivity contribution in [2.24, 2.45) is 22.1 Å². The molecule has 1 rings (SSSR count). The zero-order valence-corrected chi connectivity index (χ0v) is 6.71. The Morgan fingerprint density at radius 2 is 2.27 bits per heavy atom. The van der Waals surface area contributed by atoms with Gasteiger partial charge in [0.2, 0.25) is 0 Å². The quantitative estimate of drug-likeness (QED) is 0.208. The molecule has 1 aliphatic carbocycles. The summed E-state index contributed by atoms with van der Waals surface area (Å²) in [5, 5.41) is 3.55. The fourth-order valence-electron chi connectivity index (χ4n) is 1.58. The van der Waals surface area contributed by atoms with Crippen molar-refractivity contribution in [3.63, 3.8) is 0 Å². The van der Waals surface area contributed by atoms with Gasteiger partial charge in [-0.15, -0.1) is 6.58 Å². The van der Waals surface area contributed by atoms with E-state index >= 15 is 0 Å². The average Bonchev–Trinajstić information content (AvgIpc) is 1.95. The first-order valence-corrected chi connectivity index (χ1v) is 3.90. The van der Waals surface area contributed by atoms with Gasteiger partial charge in [-0.2, -0.15) is 5.10 Å². The fourth-order valence-corrected chi connectivity index (χ4v) is 1.58. The third kappa shape index (κ3) is 1.23. The Labute approximate surface area is 67.1 Å². The van der Waals surface area contributed by atoms with E-state index in [0.29, 0.717) is 5.84 Å². The molecule has 0 unspecified atom stereocenters. The van der Waals surface area contributed by atoms with Crippen LogP contribution in [-0.2, 0) is 0 Å². The van der Waals surface area contributed by atoms with Crippen molar-refractivity contribution in [3.8, 4) is 0 Å². The predicted octanol–water partition coefficient (Wildman–Crippen LogP) is 0.964. The minimum Gasteiger partial charge on any atom is -0.385 e. The second-order valence-corrected chi connectivity index (χ2v) is 3.14. The van der Waals surface area contributed by atoms with Gasteiger partial charge in [0.05, 0.1) is 0 Å². The van der Waals surface area contributed by atoms with Crippen LogP contribution < -0.4 is 11.6 Å². The van der Waals surface area contributed by atoms with Crippen LogP contribution in [0.15, 0.2) is 17.8 Å². The Balaban J connectivity index is 2.67. The standard InChI is InChI=1S/C8H15N3/c1-2-4-8(5-3-6-8)7(9)11-10/h2H,1,3-6,10H2,(H2,9,11). The van der Waals surface area contributed by atoms with Crippen LogP contribution in [0.1, 0.15) is 25.7 Å². The first-order chi connectivity index (χ1) is 5.25. The van der Waals surface area contributed by atoms with Gasteiger partial charge in [0.25, 0.3) is 0 Å². The van der Waals surface area contributed by atoms with Crippen molar-refractivity contribution in [2.45, 2.75) is 25.7 Å². The minimum atomic E-state index is 0.0660. The van der Waals surface area contributed by atoms with E-state index in [1.54, 1.807) is 0 Å². The molecule has 0 heterocycles. The third-order valence-electron chi connectivity index (χ3n) is 2.53. The molecule has 0 aromatic rings. The minimum absolute atomic E-state index is 0.0660.